The topological polar surface area (TPSA) is 29.1 Å². The Morgan fingerprint density at radius 1 is 1.05 bits per heavy atom. The molecule has 0 saturated heterocycles. The third-order valence-electron chi connectivity index (χ3n) is 5.99. The first-order valence-corrected chi connectivity index (χ1v) is 8.21. The van der Waals surface area contributed by atoms with Crippen molar-refractivity contribution in [1.29, 1.82) is 0 Å². The van der Waals surface area contributed by atoms with Crippen molar-refractivity contribution in [1.82, 2.24) is 0 Å². The van der Waals surface area contributed by atoms with Gasteiger partial charge in [-0.05, 0) is 85.5 Å². The molecule has 4 saturated carbocycles. The number of nitrogens with one attached hydrogen (secondary N) is 1. The molecule has 0 atom stereocenters. The molecule has 5 rings (SSSR count). The van der Waals surface area contributed by atoms with Gasteiger partial charge in [-0.15, -0.1) is 0 Å². The second-order valence-corrected chi connectivity index (χ2v) is 7.47. The lowest BCUT2D eigenvalue weighted by atomic mass is 9.48. The van der Waals surface area contributed by atoms with E-state index in [0.29, 0.717) is 5.41 Å². The van der Waals surface area contributed by atoms with Crippen molar-refractivity contribution in [3.8, 4) is 0 Å². The quantitative estimate of drug-likeness (QED) is 0.823. The summed E-state index contributed by atoms with van der Waals surface area (Å²) in [5, 5.41) is 2.84. The molecule has 0 unspecified atom stereocenters. The third kappa shape index (κ3) is 2.21. The predicted octanol–water partition coefficient (Wildman–Crippen LogP) is 4.28. The van der Waals surface area contributed by atoms with E-state index in [4.69, 9.17) is 0 Å². The van der Waals surface area contributed by atoms with E-state index >= 15 is 0 Å². The highest BCUT2D eigenvalue weighted by molar-refractivity contribution is 5.98. The van der Waals surface area contributed by atoms with Gasteiger partial charge in [0.1, 0.15) is 0 Å². The minimum atomic E-state index is -0.141. The molecule has 1 aromatic rings. The Morgan fingerprint density at radius 2 is 1.57 bits per heavy atom. The van der Waals surface area contributed by atoms with E-state index in [1.54, 1.807) is 0 Å². The molecule has 21 heavy (non-hydrogen) atoms. The number of benzene rings is 1. The molecule has 1 N–H and O–H groups in total. The third-order valence-corrected chi connectivity index (χ3v) is 5.99. The summed E-state index contributed by atoms with van der Waals surface area (Å²) in [5.74, 6) is 2.77. The number of carbonyl (C=O) groups excluding carboxylic acids is 1. The maximum absolute atomic E-state index is 11.4. The Morgan fingerprint density at radius 3 is 2.05 bits per heavy atom. The minimum absolute atomic E-state index is 0.141. The molecule has 2 nitrogen and oxygen atoms in total. The number of hydrogen-bond donors (Lipinski definition) is 1. The smallest absolute Gasteiger partial charge is 0.247 e. The molecular weight excluding hydrogens is 258 g/mol. The minimum Gasteiger partial charge on any atom is -0.323 e. The van der Waals surface area contributed by atoms with E-state index in [9.17, 15) is 4.79 Å². The van der Waals surface area contributed by atoms with E-state index in [1.807, 2.05) is 0 Å². The van der Waals surface area contributed by atoms with Crippen molar-refractivity contribution < 1.29 is 4.79 Å². The standard InChI is InChI=1S/C19H23NO/c1-2-18(21)20-17-5-3-16(4-6-17)19-10-13-7-14(11-19)9-15(8-13)12-19/h2-6,13-15H,1,7-12H2,(H,20,21). The molecule has 110 valence electrons. The van der Waals surface area contributed by atoms with Crippen LogP contribution in [0.4, 0.5) is 5.69 Å². The summed E-state index contributed by atoms with van der Waals surface area (Å²) in [6, 6.07) is 8.59. The first-order valence-electron chi connectivity index (χ1n) is 8.21. The molecule has 4 fully saturated rings. The summed E-state index contributed by atoms with van der Waals surface area (Å²) in [6.45, 7) is 3.49. The first-order chi connectivity index (χ1) is 10.2. The zero-order valence-corrected chi connectivity index (χ0v) is 12.5. The molecule has 0 radical (unpaired) electrons. The van der Waals surface area contributed by atoms with Crippen LogP contribution in [0.1, 0.15) is 44.1 Å². The average molecular weight is 281 g/mol. The molecule has 1 aromatic carbocycles. The van der Waals surface area contributed by atoms with Crippen molar-refractivity contribution >= 4 is 11.6 Å². The number of amides is 1. The second kappa shape index (κ2) is 4.72. The van der Waals surface area contributed by atoms with Gasteiger partial charge in [-0.25, -0.2) is 0 Å². The lowest BCUT2D eigenvalue weighted by molar-refractivity contribution is -0.111. The fourth-order valence-electron chi connectivity index (χ4n) is 5.56. The van der Waals surface area contributed by atoms with Crippen LogP contribution in [-0.2, 0) is 10.2 Å². The second-order valence-electron chi connectivity index (χ2n) is 7.47. The van der Waals surface area contributed by atoms with Crippen LogP contribution < -0.4 is 5.32 Å². The van der Waals surface area contributed by atoms with Crippen LogP contribution in [0, 0.1) is 17.8 Å². The summed E-state index contributed by atoms with van der Waals surface area (Å²) in [5.41, 5.74) is 2.81. The highest BCUT2D eigenvalue weighted by Crippen LogP contribution is 2.60. The van der Waals surface area contributed by atoms with Crippen molar-refractivity contribution in [2.24, 2.45) is 17.8 Å². The molecular formula is C19H23NO. The summed E-state index contributed by atoms with van der Waals surface area (Å²) >= 11 is 0. The zero-order chi connectivity index (χ0) is 14.4. The molecule has 0 aromatic heterocycles. The summed E-state index contributed by atoms with van der Waals surface area (Å²) < 4.78 is 0. The van der Waals surface area contributed by atoms with Gasteiger partial charge >= 0.3 is 0 Å². The number of anilines is 1. The van der Waals surface area contributed by atoms with Crippen molar-refractivity contribution in [2.45, 2.75) is 43.9 Å². The molecule has 0 spiro atoms. The molecule has 4 aliphatic rings. The molecule has 4 aliphatic carbocycles. The van der Waals surface area contributed by atoms with Gasteiger partial charge in [0.05, 0.1) is 0 Å². The monoisotopic (exact) mass is 281 g/mol. The highest BCUT2D eigenvalue weighted by atomic mass is 16.1. The van der Waals surface area contributed by atoms with Gasteiger partial charge in [0, 0.05) is 5.69 Å². The van der Waals surface area contributed by atoms with E-state index < -0.39 is 0 Å². The van der Waals surface area contributed by atoms with Gasteiger partial charge in [-0.3, -0.25) is 4.79 Å². The van der Waals surface area contributed by atoms with Crippen LogP contribution in [0.2, 0.25) is 0 Å². The van der Waals surface area contributed by atoms with E-state index in [2.05, 4.69) is 36.2 Å². The predicted molar refractivity (Wildman–Crippen MR) is 85.1 cm³/mol. The fraction of sp³-hybridized carbons (Fsp3) is 0.526. The van der Waals surface area contributed by atoms with E-state index in [0.717, 1.165) is 23.4 Å². The zero-order valence-electron chi connectivity index (χ0n) is 12.5. The van der Waals surface area contributed by atoms with Crippen molar-refractivity contribution in [3.63, 3.8) is 0 Å². The van der Waals surface area contributed by atoms with Crippen molar-refractivity contribution in [2.75, 3.05) is 5.32 Å². The lowest BCUT2D eigenvalue weighted by Gasteiger charge is -2.57. The fourth-order valence-corrected chi connectivity index (χ4v) is 5.56. The maximum atomic E-state index is 11.4. The van der Waals surface area contributed by atoms with Crippen molar-refractivity contribution in [3.05, 3.63) is 42.5 Å². The molecule has 0 heterocycles. The van der Waals surface area contributed by atoms with Crippen LogP contribution in [0.5, 0.6) is 0 Å². The van der Waals surface area contributed by atoms with E-state index in [-0.39, 0.29) is 5.91 Å². The Bertz CT molecular complexity index is 536. The largest absolute Gasteiger partial charge is 0.323 e. The van der Waals surface area contributed by atoms with Crippen LogP contribution in [0.25, 0.3) is 0 Å². The first kappa shape index (κ1) is 13.1. The maximum Gasteiger partial charge on any atom is 0.247 e. The number of hydrogen-bond acceptors (Lipinski definition) is 1. The van der Waals surface area contributed by atoms with Crippen LogP contribution in [-0.4, -0.2) is 5.91 Å². The van der Waals surface area contributed by atoms with Crippen LogP contribution in [0.15, 0.2) is 36.9 Å². The number of carbonyl (C=O) groups is 1. The van der Waals surface area contributed by atoms with Gasteiger partial charge in [-0.1, -0.05) is 18.7 Å². The van der Waals surface area contributed by atoms with Gasteiger partial charge in [0.25, 0.3) is 0 Å². The summed E-state index contributed by atoms with van der Waals surface area (Å²) in [4.78, 5) is 11.4. The van der Waals surface area contributed by atoms with Gasteiger partial charge in [0.15, 0.2) is 0 Å². The van der Waals surface area contributed by atoms with Gasteiger partial charge in [0.2, 0.25) is 5.91 Å². The average Bonchev–Trinajstić information content (AvgIpc) is 2.46. The molecule has 2 heteroatoms. The van der Waals surface area contributed by atoms with Gasteiger partial charge < -0.3 is 5.32 Å². The Balaban J connectivity index is 1.59. The SMILES string of the molecule is C=CC(=O)Nc1ccc(C23CC4CC(CC(C4)C2)C3)cc1. The normalized spacial score (nSPS) is 36.5. The molecule has 1 amide bonds. The van der Waals surface area contributed by atoms with Crippen LogP contribution >= 0.6 is 0 Å². The Hall–Kier alpha value is -1.57. The Labute approximate surface area is 126 Å². The van der Waals surface area contributed by atoms with Crippen LogP contribution in [0.3, 0.4) is 0 Å². The van der Waals surface area contributed by atoms with Gasteiger partial charge in [-0.2, -0.15) is 0 Å². The van der Waals surface area contributed by atoms with E-state index in [1.165, 1.54) is 50.2 Å². The lowest BCUT2D eigenvalue weighted by Crippen LogP contribution is -2.48. The molecule has 0 aliphatic heterocycles. The molecule has 4 bridgehead atoms. The highest BCUT2D eigenvalue weighted by Gasteiger charge is 2.51. The summed E-state index contributed by atoms with van der Waals surface area (Å²) in [6.07, 6.45) is 9.91. The number of rotatable bonds is 3. The Kier molecular flexibility index (Phi) is 2.95. The summed E-state index contributed by atoms with van der Waals surface area (Å²) in [7, 11) is 0.